The summed E-state index contributed by atoms with van der Waals surface area (Å²) >= 11 is 0. The summed E-state index contributed by atoms with van der Waals surface area (Å²) in [5, 5.41) is 12.1. The normalized spacial score (nSPS) is 15.3. The number of tetrazole rings is 1. The van der Waals surface area contributed by atoms with Gasteiger partial charge in [-0.25, -0.2) is 4.39 Å². The third-order valence-electron chi connectivity index (χ3n) is 4.58. The van der Waals surface area contributed by atoms with E-state index >= 15 is 0 Å². The van der Waals surface area contributed by atoms with Crippen molar-refractivity contribution in [3.63, 3.8) is 0 Å². The highest BCUT2D eigenvalue weighted by Gasteiger charge is 2.24. The first-order valence-electron chi connectivity index (χ1n) is 8.74. The number of hydrogen-bond donors (Lipinski definition) is 0. The molecule has 134 valence electrons. The van der Waals surface area contributed by atoms with Gasteiger partial charge in [-0.3, -0.25) is 0 Å². The molecule has 0 bridgehead atoms. The molecule has 7 heteroatoms. The van der Waals surface area contributed by atoms with Crippen LogP contribution in [0.1, 0.15) is 18.4 Å². The molecule has 1 aliphatic heterocycles. The largest absolute Gasteiger partial charge is 0.373 e. The van der Waals surface area contributed by atoms with E-state index in [1.807, 2.05) is 30.3 Å². The van der Waals surface area contributed by atoms with Gasteiger partial charge in [0.2, 0.25) is 5.95 Å². The lowest BCUT2D eigenvalue weighted by Gasteiger charge is -2.32. The molecule has 4 rings (SSSR count). The lowest BCUT2D eigenvalue weighted by Crippen LogP contribution is -2.38. The maximum absolute atomic E-state index is 13.0. The van der Waals surface area contributed by atoms with Crippen molar-refractivity contribution >= 4 is 5.95 Å². The molecule has 6 nitrogen and oxygen atoms in total. The highest BCUT2D eigenvalue weighted by Crippen LogP contribution is 2.22. The van der Waals surface area contributed by atoms with Crippen molar-refractivity contribution in [2.24, 2.45) is 0 Å². The zero-order chi connectivity index (χ0) is 17.8. The van der Waals surface area contributed by atoms with E-state index in [2.05, 4.69) is 20.4 Å². The Labute approximate surface area is 151 Å². The topological polar surface area (TPSA) is 56.1 Å². The SMILES string of the molecule is Fc1ccc(COC2CCN(c3nnnn3-c3ccccc3)CC2)cc1. The minimum atomic E-state index is -0.224. The number of ether oxygens (including phenoxy) is 1. The van der Waals surface area contributed by atoms with E-state index in [0.717, 1.165) is 43.1 Å². The molecule has 0 saturated carbocycles. The van der Waals surface area contributed by atoms with Gasteiger partial charge in [-0.05, 0) is 53.1 Å². The van der Waals surface area contributed by atoms with Gasteiger partial charge in [-0.15, -0.1) is 0 Å². The lowest BCUT2D eigenvalue weighted by atomic mass is 10.1. The van der Waals surface area contributed by atoms with Gasteiger partial charge in [0.05, 0.1) is 18.4 Å². The van der Waals surface area contributed by atoms with Gasteiger partial charge in [-0.1, -0.05) is 35.4 Å². The number of piperidine rings is 1. The maximum atomic E-state index is 13.0. The number of anilines is 1. The average molecular weight is 353 g/mol. The Morgan fingerprint density at radius 3 is 2.46 bits per heavy atom. The van der Waals surface area contributed by atoms with Crippen molar-refractivity contribution in [1.82, 2.24) is 20.2 Å². The van der Waals surface area contributed by atoms with Crippen LogP contribution in [0.3, 0.4) is 0 Å². The van der Waals surface area contributed by atoms with Crippen molar-refractivity contribution in [1.29, 1.82) is 0 Å². The molecule has 1 aliphatic rings. The molecule has 1 aromatic heterocycles. The molecule has 0 aliphatic carbocycles. The summed E-state index contributed by atoms with van der Waals surface area (Å²) in [5.41, 5.74) is 1.93. The first-order chi connectivity index (χ1) is 12.8. The third kappa shape index (κ3) is 3.72. The number of para-hydroxylation sites is 1. The number of aromatic nitrogens is 4. The summed E-state index contributed by atoms with van der Waals surface area (Å²) in [6, 6.07) is 16.3. The van der Waals surface area contributed by atoms with Crippen molar-refractivity contribution in [3.8, 4) is 5.69 Å². The molecule has 2 heterocycles. The summed E-state index contributed by atoms with van der Waals surface area (Å²) in [6.07, 6.45) is 2.00. The van der Waals surface area contributed by atoms with Crippen LogP contribution in [0.25, 0.3) is 5.69 Å². The van der Waals surface area contributed by atoms with E-state index in [1.165, 1.54) is 12.1 Å². The summed E-state index contributed by atoms with van der Waals surface area (Å²) in [5.74, 6) is 0.534. The molecule has 0 unspecified atom stereocenters. The van der Waals surface area contributed by atoms with Crippen LogP contribution < -0.4 is 4.90 Å². The van der Waals surface area contributed by atoms with Crippen LogP contribution in [0.15, 0.2) is 54.6 Å². The van der Waals surface area contributed by atoms with E-state index in [4.69, 9.17) is 4.74 Å². The van der Waals surface area contributed by atoms with Gasteiger partial charge >= 0.3 is 0 Å². The first kappa shape index (κ1) is 16.7. The van der Waals surface area contributed by atoms with Gasteiger partial charge in [0.15, 0.2) is 0 Å². The summed E-state index contributed by atoms with van der Waals surface area (Å²) < 4.78 is 20.7. The first-order valence-corrected chi connectivity index (χ1v) is 8.74. The third-order valence-corrected chi connectivity index (χ3v) is 4.58. The van der Waals surface area contributed by atoms with Gasteiger partial charge < -0.3 is 9.64 Å². The average Bonchev–Trinajstić information content (AvgIpc) is 3.18. The Balaban J connectivity index is 1.34. The predicted octanol–water partition coefficient (Wildman–Crippen LogP) is 2.99. The quantitative estimate of drug-likeness (QED) is 0.706. The van der Waals surface area contributed by atoms with Crippen molar-refractivity contribution in [2.75, 3.05) is 18.0 Å². The molecule has 0 amide bonds. The zero-order valence-electron chi connectivity index (χ0n) is 14.3. The highest BCUT2D eigenvalue weighted by atomic mass is 19.1. The molecular formula is C19H20FN5O. The van der Waals surface area contributed by atoms with Crippen LogP contribution in [0.5, 0.6) is 0 Å². The monoisotopic (exact) mass is 353 g/mol. The van der Waals surface area contributed by atoms with E-state index in [-0.39, 0.29) is 11.9 Å². The molecule has 3 aromatic rings. The predicted molar refractivity (Wildman–Crippen MR) is 95.6 cm³/mol. The molecule has 0 spiro atoms. The standard InChI is InChI=1S/C19H20FN5O/c20-16-8-6-15(7-9-16)14-26-18-10-12-24(13-11-18)19-21-22-23-25(19)17-4-2-1-3-5-17/h1-9,18H,10-14H2. The van der Waals surface area contributed by atoms with Crippen LogP contribution in [0.2, 0.25) is 0 Å². The van der Waals surface area contributed by atoms with Gasteiger partial charge in [-0.2, -0.15) is 4.68 Å². The number of hydrogen-bond acceptors (Lipinski definition) is 5. The molecule has 26 heavy (non-hydrogen) atoms. The number of halogens is 1. The molecule has 1 saturated heterocycles. The van der Waals surface area contributed by atoms with Crippen molar-refractivity contribution < 1.29 is 9.13 Å². The van der Waals surface area contributed by atoms with Crippen LogP contribution in [0, 0.1) is 5.82 Å². The van der Waals surface area contributed by atoms with E-state index in [1.54, 1.807) is 16.8 Å². The maximum Gasteiger partial charge on any atom is 0.250 e. The Morgan fingerprint density at radius 1 is 1.00 bits per heavy atom. The Hall–Kier alpha value is -2.80. The minimum absolute atomic E-state index is 0.192. The Morgan fingerprint density at radius 2 is 1.73 bits per heavy atom. The molecule has 1 fully saturated rings. The number of rotatable bonds is 5. The fraction of sp³-hybridized carbons (Fsp3) is 0.316. The van der Waals surface area contributed by atoms with Gasteiger partial charge in [0.25, 0.3) is 0 Å². The molecule has 0 atom stereocenters. The molecule has 0 radical (unpaired) electrons. The number of nitrogens with zero attached hydrogens (tertiary/aromatic N) is 5. The van der Waals surface area contributed by atoms with Crippen molar-refractivity contribution in [2.45, 2.75) is 25.6 Å². The highest BCUT2D eigenvalue weighted by molar-refractivity contribution is 5.40. The van der Waals surface area contributed by atoms with Gasteiger partial charge in [0, 0.05) is 13.1 Å². The summed E-state index contributed by atoms with van der Waals surface area (Å²) in [7, 11) is 0. The van der Waals surface area contributed by atoms with Crippen molar-refractivity contribution in [3.05, 3.63) is 66.0 Å². The smallest absolute Gasteiger partial charge is 0.250 e. The molecular weight excluding hydrogens is 333 g/mol. The lowest BCUT2D eigenvalue weighted by molar-refractivity contribution is 0.0249. The summed E-state index contributed by atoms with van der Waals surface area (Å²) in [4.78, 5) is 2.19. The second-order valence-corrected chi connectivity index (χ2v) is 6.35. The number of benzene rings is 2. The van der Waals surface area contributed by atoms with Gasteiger partial charge in [0.1, 0.15) is 5.82 Å². The summed E-state index contributed by atoms with van der Waals surface area (Å²) in [6.45, 7) is 2.18. The van der Waals surface area contributed by atoms with Crippen LogP contribution in [-0.4, -0.2) is 39.4 Å². The zero-order valence-corrected chi connectivity index (χ0v) is 14.3. The molecule has 0 N–H and O–H groups in total. The van der Waals surface area contributed by atoms with Crippen LogP contribution in [0.4, 0.5) is 10.3 Å². The van der Waals surface area contributed by atoms with Crippen LogP contribution >= 0.6 is 0 Å². The fourth-order valence-corrected chi connectivity index (χ4v) is 3.13. The Bertz CT molecular complexity index is 829. The fourth-order valence-electron chi connectivity index (χ4n) is 3.13. The second kappa shape index (κ2) is 7.61. The second-order valence-electron chi connectivity index (χ2n) is 6.35. The van der Waals surface area contributed by atoms with E-state index in [9.17, 15) is 4.39 Å². The van der Waals surface area contributed by atoms with Crippen LogP contribution in [-0.2, 0) is 11.3 Å². The minimum Gasteiger partial charge on any atom is -0.373 e. The van der Waals surface area contributed by atoms with E-state index in [0.29, 0.717) is 6.61 Å². The molecule has 2 aromatic carbocycles. The van der Waals surface area contributed by atoms with E-state index < -0.39 is 0 Å². The Kier molecular flexibility index (Phi) is 4.88.